The Morgan fingerprint density at radius 1 is 1.35 bits per heavy atom. The SMILES string of the molecule is CC(C)CC(C)(C)CN=C(N)N1CCOCC1. The molecule has 4 heteroatoms. The van der Waals surface area contributed by atoms with Crippen molar-refractivity contribution < 1.29 is 4.74 Å². The Hall–Kier alpha value is -0.770. The number of nitrogens with two attached hydrogens (primary N) is 1. The second-order valence-corrected chi connectivity index (χ2v) is 6.04. The molecule has 1 fully saturated rings. The Bertz CT molecular complexity index is 255. The van der Waals surface area contributed by atoms with Crippen LogP contribution in [-0.4, -0.2) is 43.7 Å². The van der Waals surface area contributed by atoms with Gasteiger partial charge >= 0.3 is 0 Å². The summed E-state index contributed by atoms with van der Waals surface area (Å²) in [6, 6.07) is 0. The first-order valence-corrected chi connectivity index (χ1v) is 6.53. The predicted molar refractivity (Wildman–Crippen MR) is 72.1 cm³/mol. The van der Waals surface area contributed by atoms with Crippen molar-refractivity contribution in [2.45, 2.75) is 34.1 Å². The molecule has 0 radical (unpaired) electrons. The van der Waals surface area contributed by atoms with Gasteiger partial charge in [-0.25, -0.2) is 0 Å². The van der Waals surface area contributed by atoms with Crippen molar-refractivity contribution in [2.75, 3.05) is 32.8 Å². The van der Waals surface area contributed by atoms with E-state index in [4.69, 9.17) is 10.5 Å². The van der Waals surface area contributed by atoms with Crippen molar-refractivity contribution >= 4 is 5.96 Å². The molecule has 4 nitrogen and oxygen atoms in total. The van der Waals surface area contributed by atoms with E-state index in [1.807, 2.05) is 0 Å². The number of morpholine rings is 1. The number of hydrogen-bond donors (Lipinski definition) is 1. The lowest BCUT2D eigenvalue weighted by atomic mass is 9.84. The van der Waals surface area contributed by atoms with Crippen molar-refractivity contribution in [3.63, 3.8) is 0 Å². The molecule has 100 valence electrons. The van der Waals surface area contributed by atoms with Gasteiger partial charge in [0.2, 0.25) is 0 Å². The van der Waals surface area contributed by atoms with E-state index in [9.17, 15) is 0 Å². The van der Waals surface area contributed by atoms with Crippen LogP contribution in [0.25, 0.3) is 0 Å². The van der Waals surface area contributed by atoms with Crippen molar-refractivity contribution in [1.82, 2.24) is 4.90 Å². The van der Waals surface area contributed by atoms with Crippen LogP contribution in [0, 0.1) is 11.3 Å². The second-order valence-electron chi connectivity index (χ2n) is 6.04. The van der Waals surface area contributed by atoms with Crippen LogP contribution in [-0.2, 0) is 4.74 Å². The highest BCUT2D eigenvalue weighted by Crippen LogP contribution is 2.25. The summed E-state index contributed by atoms with van der Waals surface area (Å²) < 4.78 is 5.30. The summed E-state index contributed by atoms with van der Waals surface area (Å²) in [6.45, 7) is 13.0. The number of aliphatic imine (C=N–C) groups is 1. The van der Waals surface area contributed by atoms with Gasteiger partial charge in [0, 0.05) is 19.6 Å². The zero-order valence-corrected chi connectivity index (χ0v) is 11.7. The third-order valence-electron chi connectivity index (χ3n) is 2.96. The van der Waals surface area contributed by atoms with Gasteiger partial charge < -0.3 is 15.4 Å². The van der Waals surface area contributed by atoms with E-state index in [0.29, 0.717) is 11.9 Å². The lowest BCUT2D eigenvalue weighted by Gasteiger charge is -2.29. The zero-order chi connectivity index (χ0) is 12.9. The Morgan fingerprint density at radius 3 is 2.47 bits per heavy atom. The maximum Gasteiger partial charge on any atom is 0.191 e. The quantitative estimate of drug-likeness (QED) is 0.602. The van der Waals surface area contributed by atoms with Crippen LogP contribution in [0.1, 0.15) is 34.1 Å². The molecule has 0 atom stereocenters. The molecule has 0 spiro atoms. The summed E-state index contributed by atoms with van der Waals surface area (Å²) in [7, 11) is 0. The van der Waals surface area contributed by atoms with Gasteiger partial charge in [-0.3, -0.25) is 4.99 Å². The molecule has 0 unspecified atom stereocenters. The molecule has 0 amide bonds. The number of guanidine groups is 1. The molecule has 1 aliphatic rings. The molecule has 0 aliphatic carbocycles. The normalized spacial score (nSPS) is 18.9. The number of rotatable bonds is 4. The smallest absolute Gasteiger partial charge is 0.191 e. The minimum absolute atomic E-state index is 0.227. The van der Waals surface area contributed by atoms with Gasteiger partial charge in [0.1, 0.15) is 0 Å². The third kappa shape index (κ3) is 5.39. The third-order valence-corrected chi connectivity index (χ3v) is 2.96. The van der Waals surface area contributed by atoms with E-state index in [1.165, 1.54) is 6.42 Å². The number of ether oxygens (including phenoxy) is 1. The Labute approximate surface area is 105 Å². The van der Waals surface area contributed by atoms with E-state index in [0.717, 1.165) is 32.8 Å². The predicted octanol–water partition coefficient (Wildman–Crippen LogP) is 1.71. The highest BCUT2D eigenvalue weighted by molar-refractivity contribution is 5.78. The Kier molecular flexibility index (Phi) is 5.25. The molecule has 0 bridgehead atoms. The maximum absolute atomic E-state index is 6.01. The molecule has 1 saturated heterocycles. The fourth-order valence-corrected chi connectivity index (χ4v) is 2.36. The highest BCUT2D eigenvalue weighted by Gasteiger charge is 2.20. The first kappa shape index (κ1) is 14.3. The minimum atomic E-state index is 0.227. The summed E-state index contributed by atoms with van der Waals surface area (Å²) in [4.78, 5) is 6.64. The van der Waals surface area contributed by atoms with Gasteiger partial charge in [0.05, 0.1) is 13.2 Å². The molecular weight excluding hydrogens is 214 g/mol. The van der Waals surface area contributed by atoms with Crippen LogP contribution in [0.5, 0.6) is 0 Å². The van der Waals surface area contributed by atoms with E-state index in [2.05, 4.69) is 37.6 Å². The average molecular weight is 241 g/mol. The second kappa shape index (κ2) is 6.24. The van der Waals surface area contributed by atoms with E-state index in [-0.39, 0.29) is 5.41 Å². The standard InChI is InChI=1S/C13H27N3O/c1-11(2)9-13(3,4)10-15-12(14)16-5-7-17-8-6-16/h11H,5-10H2,1-4H3,(H2,14,15). The van der Waals surface area contributed by atoms with Gasteiger partial charge in [0.25, 0.3) is 0 Å². The molecule has 1 rings (SSSR count). The van der Waals surface area contributed by atoms with Gasteiger partial charge in [-0.05, 0) is 17.8 Å². The first-order chi connectivity index (χ1) is 7.91. The average Bonchev–Trinajstić information content (AvgIpc) is 2.25. The Balaban J connectivity index is 2.45. The summed E-state index contributed by atoms with van der Waals surface area (Å²) in [5.74, 6) is 1.37. The lowest BCUT2D eigenvalue weighted by Crippen LogP contribution is -2.45. The van der Waals surface area contributed by atoms with Gasteiger partial charge in [-0.1, -0.05) is 27.7 Å². The van der Waals surface area contributed by atoms with Crippen LogP contribution >= 0.6 is 0 Å². The van der Waals surface area contributed by atoms with Crippen molar-refractivity contribution in [2.24, 2.45) is 22.1 Å². The van der Waals surface area contributed by atoms with Gasteiger partial charge in [0.15, 0.2) is 5.96 Å². The first-order valence-electron chi connectivity index (χ1n) is 6.53. The lowest BCUT2D eigenvalue weighted by molar-refractivity contribution is 0.0673. The fourth-order valence-electron chi connectivity index (χ4n) is 2.36. The van der Waals surface area contributed by atoms with Gasteiger partial charge in [-0.15, -0.1) is 0 Å². The van der Waals surface area contributed by atoms with Crippen molar-refractivity contribution in [3.05, 3.63) is 0 Å². The fraction of sp³-hybridized carbons (Fsp3) is 0.923. The zero-order valence-electron chi connectivity index (χ0n) is 11.7. The van der Waals surface area contributed by atoms with Gasteiger partial charge in [-0.2, -0.15) is 0 Å². The summed E-state index contributed by atoms with van der Waals surface area (Å²) >= 11 is 0. The molecule has 0 aromatic carbocycles. The molecule has 1 aliphatic heterocycles. The van der Waals surface area contributed by atoms with E-state index in [1.54, 1.807) is 0 Å². The van der Waals surface area contributed by atoms with E-state index >= 15 is 0 Å². The molecular formula is C13H27N3O. The van der Waals surface area contributed by atoms with Crippen molar-refractivity contribution in [3.8, 4) is 0 Å². The summed E-state index contributed by atoms with van der Waals surface area (Å²) in [5, 5.41) is 0. The minimum Gasteiger partial charge on any atom is -0.378 e. The van der Waals surface area contributed by atoms with Crippen LogP contribution < -0.4 is 5.73 Å². The maximum atomic E-state index is 6.01. The van der Waals surface area contributed by atoms with Crippen LogP contribution in [0.4, 0.5) is 0 Å². The topological polar surface area (TPSA) is 50.8 Å². The monoisotopic (exact) mass is 241 g/mol. The largest absolute Gasteiger partial charge is 0.378 e. The van der Waals surface area contributed by atoms with Crippen LogP contribution in [0.2, 0.25) is 0 Å². The molecule has 0 aromatic rings. The molecule has 0 aromatic heterocycles. The van der Waals surface area contributed by atoms with Crippen LogP contribution in [0.15, 0.2) is 4.99 Å². The molecule has 1 heterocycles. The Morgan fingerprint density at radius 2 is 1.94 bits per heavy atom. The molecule has 2 N–H and O–H groups in total. The van der Waals surface area contributed by atoms with Crippen LogP contribution in [0.3, 0.4) is 0 Å². The molecule has 0 saturated carbocycles. The summed E-state index contributed by atoms with van der Waals surface area (Å²) in [6.07, 6.45) is 1.17. The summed E-state index contributed by atoms with van der Waals surface area (Å²) in [5.41, 5.74) is 6.23. The van der Waals surface area contributed by atoms with E-state index < -0.39 is 0 Å². The highest BCUT2D eigenvalue weighted by atomic mass is 16.5. The number of nitrogens with zero attached hydrogens (tertiary/aromatic N) is 2. The van der Waals surface area contributed by atoms with Crippen molar-refractivity contribution in [1.29, 1.82) is 0 Å². The number of hydrogen-bond acceptors (Lipinski definition) is 2. The molecule has 17 heavy (non-hydrogen) atoms.